The molecule has 2 unspecified atom stereocenters. The number of rotatable bonds is 3. The summed E-state index contributed by atoms with van der Waals surface area (Å²) in [6, 6.07) is 9.01. The van der Waals surface area contributed by atoms with Gasteiger partial charge in [0.1, 0.15) is 0 Å². The summed E-state index contributed by atoms with van der Waals surface area (Å²) in [7, 11) is 0. The van der Waals surface area contributed by atoms with Gasteiger partial charge < -0.3 is 10.1 Å². The van der Waals surface area contributed by atoms with Crippen LogP contribution in [0.25, 0.3) is 0 Å². The fourth-order valence-electron chi connectivity index (χ4n) is 2.82. The largest absolute Gasteiger partial charge is 0.373 e. The zero-order valence-electron chi connectivity index (χ0n) is 14.5. The molecule has 2 nitrogen and oxygen atoms in total. The first-order valence-corrected chi connectivity index (χ1v) is 8.14. The molecule has 1 heterocycles. The average Bonchev–Trinajstić information content (AvgIpc) is 2.83. The monoisotopic (exact) mass is 289 g/mol. The zero-order chi connectivity index (χ0) is 15.7. The summed E-state index contributed by atoms with van der Waals surface area (Å²) >= 11 is 0. The topological polar surface area (TPSA) is 21.3 Å². The van der Waals surface area contributed by atoms with Gasteiger partial charge in [-0.05, 0) is 43.7 Å². The van der Waals surface area contributed by atoms with Crippen molar-refractivity contribution in [3.05, 3.63) is 35.4 Å². The van der Waals surface area contributed by atoms with E-state index in [1.165, 1.54) is 11.1 Å². The molecule has 0 saturated carbocycles. The SMILES string of the molecule is CC(C)(C)NCC1CCOC1c1ccc(C(C)(C)C)cc1. The fraction of sp³-hybridized carbons (Fsp3) is 0.684. The van der Waals surface area contributed by atoms with Crippen LogP contribution in [0, 0.1) is 5.92 Å². The molecule has 1 aromatic rings. The van der Waals surface area contributed by atoms with E-state index in [4.69, 9.17) is 4.74 Å². The lowest BCUT2D eigenvalue weighted by Gasteiger charge is -2.26. The second-order valence-electron chi connectivity index (χ2n) is 8.34. The van der Waals surface area contributed by atoms with Crippen LogP contribution in [0.5, 0.6) is 0 Å². The number of hydrogen-bond acceptors (Lipinski definition) is 2. The van der Waals surface area contributed by atoms with Crippen molar-refractivity contribution in [3.63, 3.8) is 0 Å². The van der Waals surface area contributed by atoms with Crippen molar-refractivity contribution < 1.29 is 4.74 Å². The maximum Gasteiger partial charge on any atom is 0.0866 e. The smallest absolute Gasteiger partial charge is 0.0866 e. The van der Waals surface area contributed by atoms with E-state index in [0.29, 0.717) is 5.92 Å². The van der Waals surface area contributed by atoms with Crippen LogP contribution >= 0.6 is 0 Å². The van der Waals surface area contributed by atoms with Gasteiger partial charge in [0.15, 0.2) is 0 Å². The van der Waals surface area contributed by atoms with Crippen molar-refractivity contribution in [2.45, 2.75) is 65.0 Å². The van der Waals surface area contributed by atoms with Gasteiger partial charge in [0.2, 0.25) is 0 Å². The Bertz CT molecular complexity index is 450. The van der Waals surface area contributed by atoms with Crippen LogP contribution in [-0.4, -0.2) is 18.7 Å². The number of benzene rings is 1. The van der Waals surface area contributed by atoms with E-state index in [9.17, 15) is 0 Å². The standard InChI is InChI=1S/C19H31NO/c1-18(2,3)16-9-7-14(8-10-16)17-15(11-12-21-17)13-20-19(4,5)6/h7-10,15,17,20H,11-13H2,1-6H3. The van der Waals surface area contributed by atoms with Crippen LogP contribution in [0.4, 0.5) is 0 Å². The van der Waals surface area contributed by atoms with Crippen molar-refractivity contribution in [2.24, 2.45) is 5.92 Å². The molecule has 1 aliphatic heterocycles. The van der Waals surface area contributed by atoms with Gasteiger partial charge in [0.05, 0.1) is 6.10 Å². The molecule has 0 radical (unpaired) electrons. The molecule has 118 valence electrons. The van der Waals surface area contributed by atoms with Crippen LogP contribution < -0.4 is 5.32 Å². The lowest BCUT2D eigenvalue weighted by Crippen LogP contribution is -2.39. The molecule has 2 rings (SSSR count). The van der Waals surface area contributed by atoms with Gasteiger partial charge in [0.25, 0.3) is 0 Å². The van der Waals surface area contributed by atoms with Crippen molar-refractivity contribution >= 4 is 0 Å². The highest BCUT2D eigenvalue weighted by Gasteiger charge is 2.30. The Morgan fingerprint density at radius 2 is 1.67 bits per heavy atom. The zero-order valence-corrected chi connectivity index (χ0v) is 14.5. The molecule has 2 atom stereocenters. The Morgan fingerprint density at radius 1 is 1.05 bits per heavy atom. The summed E-state index contributed by atoms with van der Waals surface area (Å²) in [5, 5.41) is 3.62. The molecule has 0 amide bonds. The van der Waals surface area contributed by atoms with E-state index in [1.807, 2.05) is 0 Å². The summed E-state index contributed by atoms with van der Waals surface area (Å²) < 4.78 is 6.00. The Balaban J connectivity index is 2.06. The Kier molecular flexibility index (Phi) is 4.79. The molecule has 1 fully saturated rings. The predicted molar refractivity (Wildman–Crippen MR) is 89.7 cm³/mol. The fourth-order valence-corrected chi connectivity index (χ4v) is 2.82. The molecule has 1 saturated heterocycles. The van der Waals surface area contributed by atoms with Crippen LogP contribution in [-0.2, 0) is 10.2 Å². The lowest BCUT2D eigenvalue weighted by atomic mass is 9.85. The normalized spacial score (nSPS) is 23.5. The van der Waals surface area contributed by atoms with Crippen LogP contribution in [0.15, 0.2) is 24.3 Å². The summed E-state index contributed by atoms with van der Waals surface area (Å²) in [6.45, 7) is 15.3. The first-order valence-electron chi connectivity index (χ1n) is 8.14. The minimum Gasteiger partial charge on any atom is -0.373 e. The third-order valence-corrected chi connectivity index (χ3v) is 4.21. The van der Waals surface area contributed by atoms with Gasteiger partial charge in [-0.3, -0.25) is 0 Å². The molecule has 21 heavy (non-hydrogen) atoms. The molecule has 1 aliphatic rings. The molecular weight excluding hydrogens is 258 g/mol. The summed E-state index contributed by atoms with van der Waals surface area (Å²) in [4.78, 5) is 0. The van der Waals surface area contributed by atoms with Crippen molar-refractivity contribution in [1.82, 2.24) is 5.32 Å². The predicted octanol–water partition coefficient (Wildman–Crippen LogP) is 4.45. The van der Waals surface area contributed by atoms with Crippen LogP contribution in [0.3, 0.4) is 0 Å². The van der Waals surface area contributed by atoms with Crippen molar-refractivity contribution in [3.8, 4) is 0 Å². The second kappa shape index (κ2) is 6.10. The lowest BCUT2D eigenvalue weighted by molar-refractivity contribution is 0.0889. The number of ether oxygens (including phenoxy) is 1. The van der Waals surface area contributed by atoms with E-state index in [1.54, 1.807) is 0 Å². The first kappa shape index (κ1) is 16.5. The highest BCUT2D eigenvalue weighted by Crippen LogP contribution is 2.35. The molecule has 1 N–H and O–H groups in total. The van der Waals surface area contributed by atoms with E-state index in [0.717, 1.165) is 19.6 Å². The van der Waals surface area contributed by atoms with E-state index in [2.05, 4.69) is 71.1 Å². The maximum absolute atomic E-state index is 6.00. The summed E-state index contributed by atoms with van der Waals surface area (Å²) in [5.41, 5.74) is 3.08. The Hall–Kier alpha value is -0.860. The minimum atomic E-state index is 0.170. The first-order chi connectivity index (χ1) is 9.67. The van der Waals surface area contributed by atoms with E-state index in [-0.39, 0.29) is 17.1 Å². The highest BCUT2D eigenvalue weighted by atomic mass is 16.5. The molecule has 0 aliphatic carbocycles. The molecule has 0 bridgehead atoms. The molecular formula is C19H31NO. The minimum absolute atomic E-state index is 0.170. The van der Waals surface area contributed by atoms with Crippen molar-refractivity contribution in [2.75, 3.05) is 13.2 Å². The summed E-state index contributed by atoms with van der Waals surface area (Å²) in [6.07, 6.45) is 1.39. The van der Waals surface area contributed by atoms with Gasteiger partial charge in [-0.15, -0.1) is 0 Å². The third-order valence-electron chi connectivity index (χ3n) is 4.21. The molecule has 1 aromatic carbocycles. The Labute approximate surface area is 130 Å². The van der Waals surface area contributed by atoms with Gasteiger partial charge in [-0.2, -0.15) is 0 Å². The van der Waals surface area contributed by atoms with Gasteiger partial charge in [-0.1, -0.05) is 45.0 Å². The van der Waals surface area contributed by atoms with Gasteiger partial charge in [-0.25, -0.2) is 0 Å². The third kappa shape index (κ3) is 4.55. The highest BCUT2D eigenvalue weighted by molar-refractivity contribution is 5.29. The molecule has 0 aromatic heterocycles. The summed E-state index contributed by atoms with van der Waals surface area (Å²) in [5.74, 6) is 0.574. The number of hydrogen-bond donors (Lipinski definition) is 1. The van der Waals surface area contributed by atoms with Gasteiger partial charge >= 0.3 is 0 Å². The van der Waals surface area contributed by atoms with Crippen molar-refractivity contribution in [1.29, 1.82) is 0 Å². The molecule has 0 spiro atoms. The Morgan fingerprint density at radius 3 is 2.19 bits per heavy atom. The van der Waals surface area contributed by atoms with Crippen LogP contribution in [0.1, 0.15) is 65.2 Å². The number of nitrogens with one attached hydrogen (secondary N) is 1. The quantitative estimate of drug-likeness (QED) is 0.887. The van der Waals surface area contributed by atoms with E-state index < -0.39 is 0 Å². The molecule has 2 heteroatoms. The average molecular weight is 289 g/mol. The van der Waals surface area contributed by atoms with Gasteiger partial charge in [0, 0.05) is 24.6 Å². The second-order valence-corrected chi connectivity index (χ2v) is 8.34. The van der Waals surface area contributed by atoms with E-state index >= 15 is 0 Å². The van der Waals surface area contributed by atoms with Crippen LogP contribution in [0.2, 0.25) is 0 Å². The maximum atomic E-state index is 6.00.